The quantitative estimate of drug-likeness (QED) is 0.369. The average Bonchev–Trinajstić information content (AvgIpc) is 3.72. The number of ether oxygens (including phenoxy) is 1. The lowest BCUT2D eigenvalue weighted by atomic mass is 9.82. The topological polar surface area (TPSA) is 85.7 Å². The molecule has 0 bridgehead atoms. The van der Waals surface area contributed by atoms with E-state index < -0.39 is 14.4 Å². The lowest BCUT2D eigenvalue weighted by Gasteiger charge is -2.40. The maximum absolute atomic E-state index is 14.3. The number of rotatable bonds is 9. The molecule has 41 heavy (non-hydrogen) atoms. The molecule has 1 N–H and O–H groups in total. The number of hydrogen-bond donors (Lipinski definition) is 1. The van der Waals surface area contributed by atoms with Crippen molar-refractivity contribution in [3.8, 4) is 0 Å². The normalized spacial score (nSPS) is 22.1. The SMILES string of the molecule is CCc1cccc(C(=O)N[C@H]2C(=O)N(CC)c3c(c(CO[Si](C)(C)C(C)(C)C)nn3C3CCOCC3)[C@H]2C2CC2)c1. The number of likely N-dealkylation sites (N-methyl/N-ethyl adjacent to an activating group) is 1. The Hall–Kier alpha value is -2.49. The predicted octanol–water partition coefficient (Wildman–Crippen LogP) is 5.98. The van der Waals surface area contributed by atoms with Crippen LogP contribution in [0.5, 0.6) is 0 Å². The zero-order valence-electron chi connectivity index (χ0n) is 26.0. The molecule has 1 saturated carbocycles. The maximum Gasteiger partial charge on any atom is 0.251 e. The summed E-state index contributed by atoms with van der Waals surface area (Å²) in [5, 5.41) is 8.52. The van der Waals surface area contributed by atoms with E-state index >= 15 is 0 Å². The molecule has 8 nitrogen and oxygen atoms in total. The highest BCUT2D eigenvalue weighted by Gasteiger charge is 2.51. The summed E-state index contributed by atoms with van der Waals surface area (Å²) in [6.07, 6.45) is 4.68. The van der Waals surface area contributed by atoms with E-state index in [1.165, 1.54) is 0 Å². The number of carbonyl (C=O) groups excluding carboxylic acids is 2. The molecule has 0 spiro atoms. The first-order chi connectivity index (χ1) is 19.5. The Bertz CT molecular complexity index is 1270. The van der Waals surface area contributed by atoms with Gasteiger partial charge in [0, 0.05) is 36.8 Å². The number of amides is 2. The van der Waals surface area contributed by atoms with Crippen LogP contribution in [-0.4, -0.2) is 55.7 Å². The molecule has 9 heteroatoms. The number of fused-ring (bicyclic) bond motifs is 1. The largest absolute Gasteiger partial charge is 0.411 e. The highest BCUT2D eigenvalue weighted by molar-refractivity contribution is 6.74. The van der Waals surface area contributed by atoms with E-state index in [0.717, 1.165) is 54.7 Å². The number of anilines is 1. The fourth-order valence-corrected chi connectivity index (χ4v) is 6.95. The van der Waals surface area contributed by atoms with Gasteiger partial charge in [-0.1, -0.05) is 39.8 Å². The van der Waals surface area contributed by atoms with Crippen LogP contribution in [-0.2, 0) is 27.0 Å². The van der Waals surface area contributed by atoms with Gasteiger partial charge in [-0.15, -0.1) is 0 Å². The average molecular weight is 581 g/mol. The van der Waals surface area contributed by atoms with Crippen LogP contribution in [0.3, 0.4) is 0 Å². The van der Waals surface area contributed by atoms with E-state index in [2.05, 4.69) is 50.8 Å². The second-order valence-electron chi connectivity index (χ2n) is 13.5. The maximum atomic E-state index is 14.3. The van der Waals surface area contributed by atoms with Crippen LogP contribution in [0, 0.1) is 5.92 Å². The lowest BCUT2D eigenvalue weighted by Crippen LogP contribution is -2.56. The van der Waals surface area contributed by atoms with Gasteiger partial charge in [-0.2, -0.15) is 5.10 Å². The third kappa shape index (κ3) is 5.90. The van der Waals surface area contributed by atoms with E-state index in [9.17, 15) is 9.59 Å². The number of aryl methyl sites for hydroxylation is 1. The van der Waals surface area contributed by atoms with E-state index in [0.29, 0.717) is 37.8 Å². The van der Waals surface area contributed by atoms with Crippen molar-refractivity contribution < 1.29 is 18.8 Å². The molecule has 5 rings (SSSR count). The molecule has 2 aliphatic heterocycles. The summed E-state index contributed by atoms with van der Waals surface area (Å²) in [6.45, 7) is 17.7. The predicted molar refractivity (Wildman–Crippen MR) is 164 cm³/mol. The molecule has 2 aromatic rings. The van der Waals surface area contributed by atoms with Gasteiger partial charge in [-0.05, 0) is 80.8 Å². The van der Waals surface area contributed by atoms with Gasteiger partial charge in [-0.25, -0.2) is 4.68 Å². The Morgan fingerprint density at radius 2 is 1.85 bits per heavy atom. The molecule has 1 aliphatic carbocycles. The zero-order chi connectivity index (χ0) is 29.5. The van der Waals surface area contributed by atoms with Crippen LogP contribution in [0.4, 0.5) is 5.82 Å². The lowest BCUT2D eigenvalue weighted by molar-refractivity contribution is -0.121. The van der Waals surface area contributed by atoms with Gasteiger partial charge in [0.05, 0.1) is 18.3 Å². The minimum absolute atomic E-state index is 0.0398. The van der Waals surface area contributed by atoms with Crippen molar-refractivity contribution in [2.45, 2.75) is 109 Å². The molecule has 3 heterocycles. The summed E-state index contributed by atoms with van der Waals surface area (Å²) in [5.41, 5.74) is 3.73. The summed E-state index contributed by atoms with van der Waals surface area (Å²) in [4.78, 5) is 29.7. The highest BCUT2D eigenvalue weighted by Crippen LogP contribution is 2.52. The fraction of sp³-hybridized carbons (Fsp3) is 0.656. The van der Waals surface area contributed by atoms with Crippen LogP contribution in [0.1, 0.15) is 99.4 Å². The summed E-state index contributed by atoms with van der Waals surface area (Å²) in [6, 6.07) is 7.24. The third-order valence-electron chi connectivity index (χ3n) is 9.72. The van der Waals surface area contributed by atoms with Crippen molar-refractivity contribution in [3.63, 3.8) is 0 Å². The number of benzene rings is 1. The molecule has 1 aromatic carbocycles. The summed E-state index contributed by atoms with van der Waals surface area (Å²) >= 11 is 0. The zero-order valence-corrected chi connectivity index (χ0v) is 27.0. The van der Waals surface area contributed by atoms with E-state index in [1.807, 2.05) is 36.1 Å². The van der Waals surface area contributed by atoms with Gasteiger partial charge in [0.25, 0.3) is 11.8 Å². The van der Waals surface area contributed by atoms with Crippen molar-refractivity contribution in [1.82, 2.24) is 15.1 Å². The first-order valence-electron chi connectivity index (χ1n) is 15.5. The standard InChI is InChI=1S/C32H48N4O4Si/c1-8-21-11-10-12-23(19-21)29(37)33-28-26(22-13-14-22)27-25(20-40-41(6,7)32(3,4)5)34-36(24-15-17-39-18-16-24)30(27)35(9-2)31(28)38/h10-12,19,22,24,26,28H,8-9,13-18,20H2,1-7H3,(H,33,37)/t26-,28-/m1/s1. The number of aromatic nitrogens is 2. The number of nitrogens with zero attached hydrogens (tertiary/aromatic N) is 3. The molecule has 224 valence electrons. The smallest absolute Gasteiger partial charge is 0.251 e. The molecule has 0 unspecified atom stereocenters. The Balaban J connectivity index is 1.58. The molecular formula is C32H48N4O4Si. The van der Waals surface area contributed by atoms with Crippen LogP contribution in [0.2, 0.25) is 18.1 Å². The van der Waals surface area contributed by atoms with Gasteiger partial charge < -0.3 is 14.5 Å². The second kappa shape index (κ2) is 11.6. The van der Waals surface area contributed by atoms with Crippen molar-refractivity contribution in [1.29, 1.82) is 0 Å². The Kier molecular flexibility index (Phi) is 8.52. The second-order valence-corrected chi connectivity index (χ2v) is 18.3. The minimum atomic E-state index is -2.05. The molecule has 1 saturated heterocycles. The summed E-state index contributed by atoms with van der Waals surface area (Å²) in [5.74, 6) is 0.892. The van der Waals surface area contributed by atoms with Crippen molar-refractivity contribution in [2.75, 3.05) is 24.7 Å². The van der Waals surface area contributed by atoms with Crippen molar-refractivity contribution >= 4 is 25.9 Å². The monoisotopic (exact) mass is 580 g/mol. The molecule has 2 amide bonds. The molecule has 3 aliphatic rings. The first-order valence-corrected chi connectivity index (χ1v) is 18.4. The van der Waals surface area contributed by atoms with Crippen LogP contribution in [0.15, 0.2) is 24.3 Å². The van der Waals surface area contributed by atoms with Gasteiger partial charge >= 0.3 is 0 Å². The van der Waals surface area contributed by atoms with Gasteiger partial charge in [0.2, 0.25) is 0 Å². The highest BCUT2D eigenvalue weighted by atomic mass is 28.4. The third-order valence-corrected chi connectivity index (χ3v) is 14.2. The van der Waals surface area contributed by atoms with Crippen LogP contribution < -0.4 is 10.2 Å². The summed E-state index contributed by atoms with van der Waals surface area (Å²) in [7, 11) is -2.05. The van der Waals surface area contributed by atoms with E-state index in [-0.39, 0.29) is 28.8 Å². The Morgan fingerprint density at radius 3 is 2.46 bits per heavy atom. The van der Waals surface area contributed by atoms with Gasteiger partial charge in [-0.3, -0.25) is 14.5 Å². The van der Waals surface area contributed by atoms with Gasteiger partial charge in [0.15, 0.2) is 8.32 Å². The number of nitrogens with one attached hydrogen (secondary N) is 1. The first kappa shape index (κ1) is 30.0. The Morgan fingerprint density at radius 1 is 1.15 bits per heavy atom. The van der Waals surface area contributed by atoms with Crippen LogP contribution in [0.25, 0.3) is 0 Å². The number of hydrogen-bond acceptors (Lipinski definition) is 5. The molecule has 0 radical (unpaired) electrons. The molecule has 1 aromatic heterocycles. The van der Waals surface area contributed by atoms with Crippen molar-refractivity contribution in [2.24, 2.45) is 5.92 Å². The van der Waals surface area contributed by atoms with Crippen LogP contribution >= 0.6 is 0 Å². The van der Waals surface area contributed by atoms with Crippen molar-refractivity contribution in [3.05, 3.63) is 46.6 Å². The fourth-order valence-electron chi connectivity index (χ4n) is 6.02. The van der Waals surface area contributed by atoms with Gasteiger partial charge in [0.1, 0.15) is 11.9 Å². The van der Waals surface area contributed by atoms with E-state index in [1.54, 1.807) is 0 Å². The molecule has 2 fully saturated rings. The minimum Gasteiger partial charge on any atom is -0.411 e. The van der Waals surface area contributed by atoms with E-state index in [4.69, 9.17) is 14.3 Å². The summed E-state index contributed by atoms with van der Waals surface area (Å²) < 4.78 is 14.5. The Labute approximate surface area is 246 Å². The number of carbonyl (C=O) groups is 2. The molecular weight excluding hydrogens is 532 g/mol. The molecule has 2 atom stereocenters.